The normalized spacial score (nSPS) is 28.5. The van der Waals surface area contributed by atoms with Crippen molar-refractivity contribution >= 4 is 11.0 Å². The van der Waals surface area contributed by atoms with E-state index in [-0.39, 0.29) is 0 Å². The lowest BCUT2D eigenvalue weighted by Crippen LogP contribution is -2.35. The van der Waals surface area contributed by atoms with Crippen molar-refractivity contribution < 1.29 is 24.8 Å². The van der Waals surface area contributed by atoms with Crippen molar-refractivity contribution in [3.05, 3.63) is 28.4 Å². The zero-order valence-corrected chi connectivity index (χ0v) is 11.8. The Morgan fingerprint density at radius 3 is 2.86 bits per heavy atom. The molecular weight excluding hydrogens is 294 g/mol. The van der Waals surface area contributed by atoms with Gasteiger partial charge in [-0.25, -0.2) is 4.79 Å². The molecule has 0 amide bonds. The highest BCUT2D eigenvalue weighted by atomic mass is 16.6. The Morgan fingerprint density at radius 2 is 2.23 bits per heavy atom. The second-order valence-corrected chi connectivity index (χ2v) is 5.19. The zero-order valence-electron chi connectivity index (χ0n) is 11.8. The molecule has 0 radical (unpaired) electrons. The van der Waals surface area contributed by atoms with E-state index in [0.29, 0.717) is 17.6 Å². The van der Waals surface area contributed by atoms with Gasteiger partial charge >= 0.3 is 5.69 Å². The molecule has 3 heterocycles. The van der Waals surface area contributed by atoms with Gasteiger partial charge in [0.05, 0.1) is 13.2 Å². The summed E-state index contributed by atoms with van der Waals surface area (Å²) in [6.07, 6.45) is -3.16. The topological polar surface area (TPSA) is 130 Å². The van der Waals surface area contributed by atoms with Crippen LogP contribution in [0.25, 0.3) is 11.0 Å². The van der Waals surface area contributed by atoms with E-state index in [0.717, 1.165) is 10.3 Å². The van der Waals surface area contributed by atoms with E-state index in [2.05, 4.69) is 9.97 Å². The van der Waals surface area contributed by atoms with Gasteiger partial charge < -0.3 is 29.8 Å². The third kappa shape index (κ3) is 2.42. The maximum absolute atomic E-state index is 12.1. The Kier molecular flexibility index (Phi) is 3.98. The number of aliphatic hydroxyl groups is 3. The molecular formula is C13H17N3O6. The van der Waals surface area contributed by atoms with Crippen molar-refractivity contribution in [3.63, 3.8) is 0 Å². The van der Waals surface area contributed by atoms with E-state index in [1.807, 2.05) is 0 Å². The lowest BCUT2D eigenvalue weighted by molar-refractivity contribution is -0.0547. The van der Waals surface area contributed by atoms with E-state index in [4.69, 9.17) is 14.6 Å². The molecule has 9 heteroatoms. The number of ether oxygens (including phenoxy) is 2. The number of rotatable bonds is 4. The van der Waals surface area contributed by atoms with E-state index < -0.39 is 36.8 Å². The molecule has 1 saturated heterocycles. The fourth-order valence-corrected chi connectivity index (χ4v) is 2.59. The molecule has 1 aliphatic heterocycles. The van der Waals surface area contributed by atoms with Gasteiger partial charge in [0.2, 0.25) is 0 Å². The molecule has 4 atom stereocenters. The molecule has 0 bridgehead atoms. The molecule has 0 aromatic carbocycles. The Morgan fingerprint density at radius 1 is 1.45 bits per heavy atom. The van der Waals surface area contributed by atoms with Gasteiger partial charge in [0.25, 0.3) is 0 Å². The van der Waals surface area contributed by atoms with Crippen LogP contribution in [0, 0.1) is 0 Å². The number of fused-ring (bicyclic) bond motifs is 1. The highest BCUT2D eigenvalue weighted by Crippen LogP contribution is 2.28. The Labute approximate surface area is 124 Å². The van der Waals surface area contributed by atoms with Gasteiger partial charge in [0.15, 0.2) is 6.23 Å². The molecule has 0 aliphatic carbocycles. The van der Waals surface area contributed by atoms with E-state index >= 15 is 0 Å². The van der Waals surface area contributed by atoms with E-state index in [1.165, 1.54) is 6.20 Å². The fraction of sp³-hybridized carbons (Fsp3) is 0.538. The van der Waals surface area contributed by atoms with Crippen molar-refractivity contribution in [1.82, 2.24) is 14.5 Å². The first-order chi connectivity index (χ1) is 10.5. The summed E-state index contributed by atoms with van der Waals surface area (Å²) >= 11 is 0. The van der Waals surface area contributed by atoms with Crippen molar-refractivity contribution in [1.29, 1.82) is 0 Å². The van der Waals surface area contributed by atoms with Crippen LogP contribution in [0.1, 0.15) is 11.9 Å². The average molecular weight is 311 g/mol. The van der Waals surface area contributed by atoms with Gasteiger partial charge in [-0.3, -0.25) is 4.57 Å². The molecule has 120 valence electrons. The standard InChI is InChI=1S/C13H17N3O6/c1-21-5-7-2-6-3-16(13(20)15-11(6)14-7)12-10(19)9(18)8(4-17)22-12/h2-3,8-10,12,17-19H,4-5H2,1H3,(H,14,15,20)/t8-,9-,10-,12-/m1/s1. The largest absolute Gasteiger partial charge is 0.394 e. The number of aliphatic hydroxyl groups excluding tert-OH is 3. The van der Waals surface area contributed by atoms with Crippen LogP contribution < -0.4 is 5.69 Å². The number of nitrogens with zero attached hydrogens (tertiary/aromatic N) is 2. The predicted molar refractivity (Wildman–Crippen MR) is 74.1 cm³/mol. The Hall–Kier alpha value is -1.78. The monoisotopic (exact) mass is 311 g/mol. The van der Waals surface area contributed by atoms with Gasteiger partial charge in [0.1, 0.15) is 24.0 Å². The summed E-state index contributed by atoms with van der Waals surface area (Å²) in [6.45, 7) is -0.111. The average Bonchev–Trinajstić information content (AvgIpc) is 3.00. The molecule has 22 heavy (non-hydrogen) atoms. The summed E-state index contributed by atoms with van der Waals surface area (Å²) in [5, 5.41) is 29.5. The van der Waals surface area contributed by atoms with Gasteiger partial charge in [0, 0.05) is 24.4 Å². The van der Waals surface area contributed by atoms with Crippen LogP contribution in [0.4, 0.5) is 0 Å². The van der Waals surface area contributed by atoms with E-state index in [1.54, 1.807) is 13.2 Å². The van der Waals surface area contributed by atoms with Crippen molar-refractivity contribution in [3.8, 4) is 0 Å². The number of hydrogen-bond donors (Lipinski definition) is 4. The minimum absolute atomic E-state index is 0.346. The van der Waals surface area contributed by atoms with E-state index in [9.17, 15) is 15.0 Å². The number of hydrogen-bond acceptors (Lipinski definition) is 7. The van der Waals surface area contributed by atoms with Gasteiger partial charge in [-0.05, 0) is 6.07 Å². The van der Waals surface area contributed by atoms with Gasteiger partial charge in [-0.15, -0.1) is 0 Å². The third-order valence-corrected chi connectivity index (χ3v) is 3.68. The van der Waals surface area contributed by atoms with Crippen LogP contribution in [0.2, 0.25) is 0 Å². The summed E-state index contributed by atoms with van der Waals surface area (Å²) in [7, 11) is 1.55. The fourth-order valence-electron chi connectivity index (χ4n) is 2.59. The Bertz CT molecular complexity index is 726. The summed E-state index contributed by atoms with van der Waals surface area (Å²) in [5.74, 6) is 0. The quantitative estimate of drug-likeness (QED) is 0.539. The summed E-state index contributed by atoms with van der Waals surface area (Å²) < 4.78 is 11.5. The molecule has 9 nitrogen and oxygen atoms in total. The number of aromatic amines is 1. The second-order valence-electron chi connectivity index (χ2n) is 5.19. The first-order valence-electron chi connectivity index (χ1n) is 6.77. The van der Waals surface area contributed by atoms with Crippen LogP contribution in [0.3, 0.4) is 0 Å². The summed E-state index contributed by atoms with van der Waals surface area (Å²) in [6, 6.07) is 1.77. The van der Waals surface area contributed by atoms with Crippen LogP contribution in [0.15, 0.2) is 17.1 Å². The van der Waals surface area contributed by atoms with Crippen LogP contribution in [0.5, 0.6) is 0 Å². The highest BCUT2D eigenvalue weighted by molar-refractivity contribution is 5.75. The third-order valence-electron chi connectivity index (χ3n) is 3.68. The second kappa shape index (κ2) is 5.78. The molecule has 0 unspecified atom stereocenters. The molecule has 0 spiro atoms. The molecule has 1 fully saturated rings. The zero-order chi connectivity index (χ0) is 15.9. The molecule has 4 N–H and O–H groups in total. The van der Waals surface area contributed by atoms with Crippen molar-refractivity contribution in [2.24, 2.45) is 0 Å². The first-order valence-corrected chi connectivity index (χ1v) is 6.77. The maximum Gasteiger partial charge on any atom is 0.351 e. The van der Waals surface area contributed by atoms with Crippen molar-refractivity contribution in [2.75, 3.05) is 13.7 Å². The van der Waals surface area contributed by atoms with Crippen LogP contribution in [-0.2, 0) is 16.1 Å². The molecule has 2 aromatic heterocycles. The number of aromatic nitrogens is 3. The highest BCUT2D eigenvalue weighted by Gasteiger charge is 2.43. The smallest absolute Gasteiger partial charge is 0.351 e. The number of nitrogens with one attached hydrogen (secondary N) is 1. The number of H-pyrrole nitrogens is 1. The lowest BCUT2D eigenvalue weighted by atomic mass is 10.1. The number of methoxy groups -OCH3 is 1. The Balaban J connectivity index is 2.00. The van der Waals surface area contributed by atoms with Gasteiger partial charge in [-0.2, -0.15) is 4.98 Å². The molecule has 0 saturated carbocycles. The predicted octanol–water partition coefficient (Wildman–Crippen LogP) is -1.52. The molecule has 3 rings (SSSR count). The molecule has 1 aliphatic rings. The minimum atomic E-state index is -1.33. The SMILES string of the molecule is COCc1cc2cn([C@@H]3O[C@H](CO)[C@@H](O)[C@H]3O)c(=O)nc2[nH]1. The van der Waals surface area contributed by atoms with Crippen LogP contribution >= 0.6 is 0 Å². The minimum Gasteiger partial charge on any atom is -0.394 e. The summed E-state index contributed by atoms with van der Waals surface area (Å²) in [4.78, 5) is 18.9. The molecule has 2 aromatic rings. The summed E-state index contributed by atoms with van der Waals surface area (Å²) in [5.41, 5.74) is 0.525. The van der Waals surface area contributed by atoms with Gasteiger partial charge in [-0.1, -0.05) is 0 Å². The lowest BCUT2D eigenvalue weighted by Gasteiger charge is -2.16. The van der Waals surface area contributed by atoms with Crippen molar-refractivity contribution in [2.45, 2.75) is 31.1 Å². The van der Waals surface area contributed by atoms with Crippen LogP contribution in [-0.4, -0.2) is 61.9 Å². The first kappa shape index (κ1) is 15.1. The maximum atomic E-state index is 12.1.